The zero-order valence-electron chi connectivity index (χ0n) is 23.1. The third-order valence-electron chi connectivity index (χ3n) is 8.65. The van der Waals surface area contributed by atoms with Gasteiger partial charge in [0.1, 0.15) is 5.69 Å². The van der Waals surface area contributed by atoms with Crippen LogP contribution >= 0.6 is 0 Å². The number of aromatic nitrogens is 2. The number of pyridine rings is 2. The maximum Gasteiger partial charge on any atom is 0.418 e. The highest BCUT2D eigenvalue weighted by Crippen LogP contribution is 2.45. The molecule has 2 fully saturated rings. The van der Waals surface area contributed by atoms with Crippen LogP contribution in [0.3, 0.4) is 0 Å². The number of nitrogens with one attached hydrogen (secondary N) is 1. The maximum absolute atomic E-state index is 13.9. The first-order valence-electron chi connectivity index (χ1n) is 14.3. The lowest BCUT2D eigenvalue weighted by Gasteiger charge is -2.49. The number of carbonyl (C=O) groups excluding carboxylic acids is 1. The SMILES string of the molecule is CCOc1ncccc1-c1ccc2c(n1)C(=O)N(C[C@H]1CCCN1)CC21CCN(c2ccccc2C(F)(F)F)CC1. The van der Waals surface area contributed by atoms with Gasteiger partial charge in [-0.15, -0.1) is 0 Å². The fourth-order valence-electron chi connectivity index (χ4n) is 6.63. The second kappa shape index (κ2) is 11.0. The fourth-order valence-corrected chi connectivity index (χ4v) is 6.63. The van der Waals surface area contributed by atoms with Gasteiger partial charge in [-0.1, -0.05) is 18.2 Å². The first-order valence-corrected chi connectivity index (χ1v) is 14.3. The Balaban J connectivity index is 1.36. The molecular formula is C31H34F3N5O2. The van der Waals surface area contributed by atoms with Gasteiger partial charge >= 0.3 is 6.18 Å². The second-order valence-electron chi connectivity index (χ2n) is 11.1. The van der Waals surface area contributed by atoms with E-state index in [4.69, 9.17) is 9.72 Å². The van der Waals surface area contributed by atoms with Gasteiger partial charge in [0.05, 0.1) is 23.4 Å². The molecule has 7 nitrogen and oxygen atoms in total. The van der Waals surface area contributed by atoms with Gasteiger partial charge in [-0.3, -0.25) is 4.79 Å². The molecular weight excluding hydrogens is 531 g/mol. The van der Waals surface area contributed by atoms with Crippen molar-refractivity contribution in [3.8, 4) is 17.1 Å². The summed E-state index contributed by atoms with van der Waals surface area (Å²) >= 11 is 0. The molecule has 5 heterocycles. The summed E-state index contributed by atoms with van der Waals surface area (Å²) in [6, 6.07) is 13.6. The first kappa shape index (κ1) is 27.5. The summed E-state index contributed by atoms with van der Waals surface area (Å²) in [4.78, 5) is 26.9. The number of amides is 1. The quantitative estimate of drug-likeness (QED) is 0.437. The minimum absolute atomic E-state index is 0.104. The van der Waals surface area contributed by atoms with E-state index in [9.17, 15) is 18.0 Å². The molecule has 216 valence electrons. The summed E-state index contributed by atoms with van der Waals surface area (Å²) in [5.41, 5.74) is 1.83. The predicted octanol–water partition coefficient (Wildman–Crippen LogP) is 5.31. The van der Waals surface area contributed by atoms with Crippen LogP contribution in [0.2, 0.25) is 0 Å². The number of para-hydroxylation sites is 1. The van der Waals surface area contributed by atoms with Crippen molar-refractivity contribution < 1.29 is 22.7 Å². The average molecular weight is 566 g/mol. The van der Waals surface area contributed by atoms with Crippen LogP contribution in [0.25, 0.3) is 11.3 Å². The van der Waals surface area contributed by atoms with E-state index in [-0.39, 0.29) is 17.6 Å². The van der Waals surface area contributed by atoms with Crippen LogP contribution in [0, 0.1) is 0 Å². The number of piperidine rings is 1. The average Bonchev–Trinajstić information content (AvgIpc) is 3.49. The molecule has 0 aliphatic carbocycles. The number of rotatable bonds is 6. The molecule has 1 atom stereocenters. The van der Waals surface area contributed by atoms with E-state index in [0.717, 1.165) is 31.0 Å². The Bertz CT molecular complexity index is 1410. The van der Waals surface area contributed by atoms with Gasteiger partial charge in [0.2, 0.25) is 5.88 Å². The van der Waals surface area contributed by atoms with E-state index < -0.39 is 17.2 Å². The number of nitrogens with zero attached hydrogens (tertiary/aromatic N) is 4. The molecule has 1 amide bonds. The number of hydrogen-bond acceptors (Lipinski definition) is 6. The van der Waals surface area contributed by atoms with Crippen molar-refractivity contribution in [1.82, 2.24) is 20.2 Å². The van der Waals surface area contributed by atoms with Gasteiger partial charge in [-0.2, -0.15) is 13.2 Å². The monoisotopic (exact) mass is 565 g/mol. The van der Waals surface area contributed by atoms with Crippen LogP contribution in [0.1, 0.15) is 54.2 Å². The molecule has 0 unspecified atom stereocenters. The number of ether oxygens (including phenoxy) is 1. The smallest absolute Gasteiger partial charge is 0.418 e. The Labute approximate surface area is 237 Å². The number of benzene rings is 1. The molecule has 3 aromatic rings. The van der Waals surface area contributed by atoms with Crippen molar-refractivity contribution in [2.24, 2.45) is 0 Å². The van der Waals surface area contributed by atoms with E-state index >= 15 is 0 Å². The number of carbonyl (C=O) groups is 1. The molecule has 3 aliphatic heterocycles. The second-order valence-corrected chi connectivity index (χ2v) is 11.1. The summed E-state index contributed by atoms with van der Waals surface area (Å²) < 4.78 is 47.1. The van der Waals surface area contributed by atoms with Gasteiger partial charge in [0.15, 0.2) is 0 Å². The summed E-state index contributed by atoms with van der Waals surface area (Å²) in [5.74, 6) is 0.358. The van der Waals surface area contributed by atoms with Crippen molar-refractivity contribution in [2.75, 3.05) is 44.2 Å². The molecule has 3 aliphatic rings. The van der Waals surface area contributed by atoms with E-state index in [0.29, 0.717) is 68.5 Å². The van der Waals surface area contributed by atoms with E-state index in [1.807, 2.05) is 41.0 Å². The fraction of sp³-hybridized carbons (Fsp3) is 0.452. The normalized spacial score (nSPS) is 20.4. The molecule has 6 rings (SSSR count). The standard InChI is InChI=1S/C31H34F3N5O2/c1-2-41-28-22(8-6-16-36-28)25-12-11-24-27(37-25)29(40)39(19-21-7-5-15-35-21)20-30(24)13-17-38(18-14-30)26-10-4-3-9-23(26)31(32,33)34/h3-4,6,8-12,16,21,35H,2,5,7,13-15,17-20H2,1H3/t21-/m1/s1. The minimum atomic E-state index is -4.42. The largest absolute Gasteiger partial charge is 0.477 e. The van der Waals surface area contributed by atoms with Crippen LogP contribution < -0.4 is 15.0 Å². The third kappa shape index (κ3) is 5.25. The molecule has 1 spiro atoms. The number of anilines is 1. The molecule has 0 radical (unpaired) electrons. The number of fused-ring (bicyclic) bond motifs is 2. The Morgan fingerprint density at radius 1 is 1.10 bits per heavy atom. The maximum atomic E-state index is 13.9. The van der Waals surface area contributed by atoms with Gasteiger partial charge in [0.25, 0.3) is 5.91 Å². The van der Waals surface area contributed by atoms with Gasteiger partial charge in [-0.25, -0.2) is 9.97 Å². The molecule has 0 saturated carbocycles. The van der Waals surface area contributed by atoms with Crippen LogP contribution in [-0.2, 0) is 11.6 Å². The highest BCUT2D eigenvalue weighted by molar-refractivity contribution is 5.96. The van der Waals surface area contributed by atoms with Crippen molar-refractivity contribution in [2.45, 2.75) is 50.2 Å². The predicted molar refractivity (Wildman–Crippen MR) is 150 cm³/mol. The molecule has 41 heavy (non-hydrogen) atoms. The Kier molecular flexibility index (Phi) is 7.36. The molecule has 1 N–H and O–H groups in total. The topological polar surface area (TPSA) is 70.6 Å². The Morgan fingerprint density at radius 3 is 2.63 bits per heavy atom. The number of hydrogen-bond donors (Lipinski definition) is 1. The summed E-state index contributed by atoms with van der Waals surface area (Å²) in [5, 5.41) is 3.49. The van der Waals surface area contributed by atoms with Crippen molar-refractivity contribution in [3.63, 3.8) is 0 Å². The van der Waals surface area contributed by atoms with Crippen LogP contribution in [0.15, 0.2) is 54.7 Å². The Hall–Kier alpha value is -3.66. The lowest BCUT2D eigenvalue weighted by atomic mass is 9.69. The lowest BCUT2D eigenvalue weighted by Crippen LogP contribution is -2.56. The third-order valence-corrected chi connectivity index (χ3v) is 8.65. The van der Waals surface area contributed by atoms with Crippen molar-refractivity contribution >= 4 is 11.6 Å². The minimum Gasteiger partial charge on any atom is -0.477 e. The number of alkyl halides is 3. The summed E-state index contributed by atoms with van der Waals surface area (Å²) in [6.45, 7) is 5.30. The molecule has 2 saturated heterocycles. The summed E-state index contributed by atoms with van der Waals surface area (Å²) in [7, 11) is 0. The lowest BCUT2D eigenvalue weighted by molar-refractivity contribution is -0.137. The number of halogens is 3. The Morgan fingerprint density at radius 2 is 1.90 bits per heavy atom. The van der Waals surface area contributed by atoms with Crippen molar-refractivity contribution in [3.05, 3.63) is 71.5 Å². The zero-order valence-corrected chi connectivity index (χ0v) is 23.1. The van der Waals surface area contributed by atoms with Gasteiger partial charge in [0, 0.05) is 49.5 Å². The zero-order chi connectivity index (χ0) is 28.6. The van der Waals surface area contributed by atoms with E-state index in [1.54, 1.807) is 18.3 Å². The highest BCUT2D eigenvalue weighted by Gasteiger charge is 2.47. The van der Waals surface area contributed by atoms with Crippen LogP contribution in [0.5, 0.6) is 5.88 Å². The molecule has 10 heteroatoms. The van der Waals surface area contributed by atoms with Crippen molar-refractivity contribution in [1.29, 1.82) is 0 Å². The van der Waals surface area contributed by atoms with Crippen LogP contribution in [-0.4, -0.2) is 66.1 Å². The van der Waals surface area contributed by atoms with Gasteiger partial charge < -0.3 is 19.9 Å². The summed E-state index contributed by atoms with van der Waals surface area (Å²) in [6.07, 6.45) is 0.554. The van der Waals surface area contributed by atoms with Gasteiger partial charge in [-0.05, 0) is 75.0 Å². The first-order chi connectivity index (χ1) is 19.8. The highest BCUT2D eigenvalue weighted by atomic mass is 19.4. The van der Waals surface area contributed by atoms with E-state index in [2.05, 4.69) is 10.3 Å². The molecule has 2 aromatic heterocycles. The van der Waals surface area contributed by atoms with Crippen LogP contribution in [0.4, 0.5) is 18.9 Å². The van der Waals surface area contributed by atoms with E-state index in [1.165, 1.54) is 6.07 Å². The molecule has 1 aromatic carbocycles. The molecule has 0 bridgehead atoms.